The molecule has 0 aliphatic carbocycles. The van der Waals surface area contributed by atoms with E-state index in [0.29, 0.717) is 5.56 Å². The predicted molar refractivity (Wildman–Crippen MR) is 62.8 cm³/mol. The third kappa shape index (κ3) is 2.43. The van der Waals surface area contributed by atoms with E-state index >= 15 is 0 Å². The van der Waals surface area contributed by atoms with Crippen LogP contribution in [0.25, 0.3) is 11.1 Å². The van der Waals surface area contributed by atoms with E-state index in [1.165, 1.54) is 0 Å². The highest BCUT2D eigenvalue weighted by Gasteiger charge is 2.04. The van der Waals surface area contributed by atoms with Crippen LogP contribution in [0.1, 0.15) is 10.4 Å². The quantitative estimate of drug-likeness (QED) is 0.546. The Morgan fingerprint density at radius 1 is 1.00 bits per heavy atom. The molecule has 3 N–H and O–H groups in total. The Bertz CT molecular complexity index is 535. The molecule has 0 spiro atoms. The van der Waals surface area contributed by atoms with Crippen molar-refractivity contribution in [3.05, 3.63) is 54.1 Å². The topological polar surface area (TPSA) is 69.6 Å². The summed E-state index contributed by atoms with van der Waals surface area (Å²) in [6, 6.07) is 13.5. The van der Waals surface area contributed by atoms with Crippen LogP contribution in [0.3, 0.4) is 0 Å². The normalized spacial score (nSPS) is 9.94. The summed E-state index contributed by atoms with van der Waals surface area (Å²) in [6.45, 7) is 0. The van der Waals surface area contributed by atoms with Crippen LogP contribution in [0.2, 0.25) is 0 Å². The molecule has 0 fully saturated rings. The summed E-state index contributed by atoms with van der Waals surface area (Å²) >= 11 is 0. The molecular weight excluding hydrogens is 218 g/mol. The number of phenolic OH excluding ortho intramolecular Hbond substituents is 1. The molecule has 0 unspecified atom stereocenters. The second-order valence-corrected chi connectivity index (χ2v) is 3.57. The molecule has 1 amide bonds. The molecule has 0 saturated heterocycles. The van der Waals surface area contributed by atoms with Crippen LogP contribution >= 0.6 is 0 Å². The van der Waals surface area contributed by atoms with Crippen molar-refractivity contribution in [3.63, 3.8) is 0 Å². The first-order valence-electron chi connectivity index (χ1n) is 5.04. The lowest BCUT2D eigenvalue weighted by Crippen LogP contribution is -2.18. The summed E-state index contributed by atoms with van der Waals surface area (Å²) in [5, 5.41) is 17.8. The van der Waals surface area contributed by atoms with Crippen LogP contribution in [-0.2, 0) is 0 Å². The van der Waals surface area contributed by atoms with E-state index in [-0.39, 0.29) is 5.75 Å². The van der Waals surface area contributed by atoms with Crippen molar-refractivity contribution in [2.75, 3.05) is 0 Å². The first-order chi connectivity index (χ1) is 8.20. The third-order valence-corrected chi connectivity index (χ3v) is 2.43. The molecule has 0 atom stereocenters. The smallest absolute Gasteiger partial charge is 0.274 e. The lowest BCUT2D eigenvalue weighted by atomic mass is 10.0. The SMILES string of the molecule is O=C(NO)c1ccc(-c2cccc(O)c2)cc1. The summed E-state index contributed by atoms with van der Waals surface area (Å²) in [5.41, 5.74) is 3.69. The van der Waals surface area contributed by atoms with Gasteiger partial charge in [0.25, 0.3) is 5.91 Å². The number of amides is 1. The van der Waals surface area contributed by atoms with Crippen molar-refractivity contribution in [3.8, 4) is 16.9 Å². The standard InChI is InChI=1S/C13H11NO3/c15-12-3-1-2-11(8-12)9-4-6-10(7-5-9)13(16)14-17/h1-8,15,17H,(H,14,16). The molecule has 0 saturated carbocycles. The van der Waals surface area contributed by atoms with Gasteiger partial charge in [0.05, 0.1) is 0 Å². The molecule has 4 nitrogen and oxygen atoms in total. The number of benzene rings is 2. The van der Waals surface area contributed by atoms with Gasteiger partial charge < -0.3 is 5.11 Å². The van der Waals surface area contributed by atoms with Crippen LogP contribution in [0.4, 0.5) is 0 Å². The zero-order valence-electron chi connectivity index (χ0n) is 8.92. The first kappa shape index (κ1) is 11.2. The minimum atomic E-state index is -0.549. The fourth-order valence-electron chi connectivity index (χ4n) is 1.56. The summed E-state index contributed by atoms with van der Waals surface area (Å²) in [6.07, 6.45) is 0. The van der Waals surface area contributed by atoms with Gasteiger partial charge in [0, 0.05) is 5.56 Å². The molecule has 0 radical (unpaired) electrons. The Morgan fingerprint density at radius 2 is 1.71 bits per heavy atom. The molecule has 2 rings (SSSR count). The molecule has 0 aliphatic heterocycles. The molecule has 0 heterocycles. The van der Waals surface area contributed by atoms with Crippen molar-refractivity contribution >= 4 is 5.91 Å². The third-order valence-electron chi connectivity index (χ3n) is 2.43. The van der Waals surface area contributed by atoms with Crippen molar-refractivity contribution in [1.29, 1.82) is 0 Å². The highest BCUT2D eigenvalue weighted by Crippen LogP contribution is 2.23. The van der Waals surface area contributed by atoms with Gasteiger partial charge in [-0.05, 0) is 35.4 Å². The van der Waals surface area contributed by atoms with Crippen molar-refractivity contribution in [2.24, 2.45) is 0 Å². The van der Waals surface area contributed by atoms with Gasteiger partial charge in [0.2, 0.25) is 0 Å². The van der Waals surface area contributed by atoms with Crippen molar-refractivity contribution < 1.29 is 15.1 Å². The van der Waals surface area contributed by atoms with Gasteiger partial charge in [0.15, 0.2) is 0 Å². The van der Waals surface area contributed by atoms with Crippen molar-refractivity contribution in [2.45, 2.75) is 0 Å². The number of nitrogens with one attached hydrogen (secondary N) is 1. The zero-order chi connectivity index (χ0) is 12.3. The fraction of sp³-hybridized carbons (Fsp3) is 0. The average Bonchev–Trinajstić information content (AvgIpc) is 2.38. The molecule has 2 aromatic carbocycles. The summed E-state index contributed by atoms with van der Waals surface area (Å²) in [5.74, 6) is -0.355. The van der Waals surface area contributed by atoms with E-state index in [9.17, 15) is 9.90 Å². The molecular formula is C13H11NO3. The number of rotatable bonds is 2. The average molecular weight is 229 g/mol. The van der Waals surface area contributed by atoms with E-state index in [2.05, 4.69) is 0 Å². The summed E-state index contributed by atoms with van der Waals surface area (Å²) < 4.78 is 0. The van der Waals surface area contributed by atoms with Gasteiger partial charge in [-0.2, -0.15) is 0 Å². The molecule has 4 heteroatoms. The Kier molecular flexibility index (Phi) is 3.07. The number of hydrogen-bond donors (Lipinski definition) is 3. The van der Waals surface area contributed by atoms with Gasteiger partial charge in [-0.1, -0.05) is 24.3 Å². The first-order valence-corrected chi connectivity index (χ1v) is 5.04. The Labute approximate surface area is 98.1 Å². The number of hydroxylamine groups is 1. The number of carbonyl (C=O) groups is 1. The van der Waals surface area contributed by atoms with Crippen molar-refractivity contribution in [1.82, 2.24) is 5.48 Å². The minimum Gasteiger partial charge on any atom is -0.508 e. The zero-order valence-corrected chi connectivity index (χ0v) is 8.92. The van der Waals surface area contributed by atoms with Gasteiger partial charge in [-0.25, -0.2) is 5.48 Å². The largest absolute Gasteiger partial charge is 0.508 e. The van der Waals surface area contributed by atoms with Crippen LogP contribution in [0.15, 0.2) is 48.5 Å². The second kappa shape index (κ2) is 4.67. The predicted octanol–water partition coefficient (Wildman–Crippen LogP) is 2.18. The monoisotopic (exact) mass is 229 g/mol. The molecule has 86 valence electrons. The molecule has 0 aromatic heterocycles. The van der Waals surface area contributed by atoms with Crippen LogP contribution < -0.4 is 5.48 Å². The number of carbonyl (C=O) groups excluding carboxylic acids is 1. The van der Waals surface area contributed by atoms with Crippen LogP contribution in [-0.4, -0.2) is 16.2 Å². The lowest BCUT2D eigenvalue weighted by Gasteiger charge is -2.03. The Balaban J connectivity index is 2.32. The van der Waals surface area contributed by atoms with Crippen LogP contribution in [0.5, 0.6) is 5.75 Å². The summed E-state index contributed by atoms with van der Waals surface area (Å²) in [7, 11) is 0. The van der Waals surface area contributed by atoms with E-state index in [0.717, 1.165) is 11.1 Å². The summed E-state index contributed by atoms with van der Waals surface area (Å²) in [4.78, 5) is 11.1. The van der Waals surface area contributed by atoms with Crippen LogP contribution in [0, 0.1) is 0 Å². The lowest BCUT2D eigenvalue weighted by molar-refractivity contribution is 0.0706. The fourth-order valence-corrected chi connectivity index (χ4v) is 1.56. The number of phenols is 1. The maximum atomic E-state index is 11.1. The van der Waals surface area contributed by atoms with Gasteiger partial charge >= 0.3 is 0 Å². The molecule has 2 aromatic rings. The van der Waals surface area contributed by atoms with E-state index in [4.69, 9.17) is 5.21 Å². The second-order valence-electron chi connectivity index (χ2n) is 3.57. The minimum absolute atomic E-state index is 0.194. The van der Waals surface area contributed by atoms with E-state index < -0.39 is 5.91 Å². The Hall–Kier alpha value is -2.33. The van der Waals surface area contributed by atoms with Gasteiger partial charge in [-0.15, -0.1) is 0 Å². The van der Waals surface area contributed by atoms with Gasteiger partial charge in [0.1, 0.15) is 5.75 Å². The molecule has 0 bridgehead atoms. The maximum Gasteiger partial charge on any atom is 0.274 e. The van der Waals surface area contributed by atoms with E-state index in [1.54, 1.807) is 47.9 Å². The number of hydrogen-bond acceptors (Lipinski definition) is 3. The highest BCUT2D eigenvalue weighted by atomic mass is 16.5. The molecule has 17 heavy (non-hydrogen) atoms. The number of aromatic hydroxyl groups is 1. The Morgan fingerprint density at radius 3 is 2.29 bits per heavy atom. The van der Waals surface area contributed by atoms with Gasteiger partial charge in [-0.3, -0.25) is 10.0 Å². The maximum absolute atomic E-state index is 11.1. The molecule has 0 aliphatic rings. The van der Waals surface area contributed by atoms with E-state index in [1.807, 2.05) is 6.07 Å². The highest BCUT2D eigenvalue weighted by molar-refractivity contribution is 5.93.